The first-order valence-corrected chi connectivity index (χ1v) is 8.04. The van der Waals surface area contributed by atoms with Crippen molar-refractivity contribution >= 4 is 23.2 Å². The molecule has 0 aliphatic rings. The number of methoxy groups -OCH3 is 1. The number of carbonyl (C=O) groups is 1. The highest BCUT2D eigenvalue weighted by atomic mass is 35.5. The molecule has 1 N–H and O–H groups in total. The van der Waals surface area contributed by atoms with E-state index in [0.717, 1.165) is 5.56 Å². The minimum Gasteiger partial charge on any atom is -0.481 e. The molecule has 25 heavy (non-hydrogen) atoms. The van der Waals surface area contributed by atoms with Gasteiger partial charge in [0, 0.05) is 6.07 Å². The third kappa shape index (κ3) is 3.80. The van der Waals surface area contributed by atoms with Crippen LogP contribution in [-0.4, -0.2) is 27.8 Å². The van der Waals surface area contributed by atoms with Crippen LogP contribution in [0.1, 0.15) is 21.6 Å². The van der Waals surface area contributed by atoms with Gasteiger partial charge in [-0.2, -0.15) is 5.10 Å². The number of anilines is 1. The summed E-state index contributed by atoms with van der Waals surface area (Å²) < 4.78 is 6.62. The summed E-state index contributed by atoms with van der Waals surface area (Å²) in [6.07, 6.45) is 1.52. The smallest absolute Gasteiger partial charge is 0.260 e. The number of ether oxygens (including phenoxy) is 1. The number of pyridine rings is 1. The average molecular weight is 357 g/mol. The van der Waals surface area contributed by atoms with Crippen molar-refractivity contribution in [3.05, 3.63) is 70.6 Å². The third-order valence-electron chi connectivity index (χ3n) is 3.67. The standard InChI is InChI=1S/C18H17ClN4O2/c1-12-16(18(24)21-14-8-9-15(25-2)20-10-14)17(19)23(22-12)11-13-6-4-3-5-7-13/h3-10H,11H2,1-2H3,(H,21,24). The van der Waals surface area contributed by atoms with E-state index in [-0.39, 0.29) is 5.91 Å². The van der Waals surface area contributed by atoms with Crippen LogP contribution >= 0.6 is 11.6 Å². The van der Waals surface area contributed by atoms with Gasteiger partial charge in [0.25, 0.3) is 5.91 Å². The molecule has 1 aromatic carbocycles. The molecule has 6 nitrogen and oxygen atoms in total. The quantitative estimate of drug-likeness (QED) is 0.759. The van der Waals surface area contributed by atoms with Crippen LogP contribution in [0, 0.1) is 6.92 Å². The van der Waals surface area contributed by atoms with E-state index in [1.54, 1.807) is 23.7 Å². The molecule has 2 aromatic heterocycles. The van der Waals surface area contributed by atoms with E-state index in [0.29, 0.717) is 34.5 Å². The Bertz CT molecular complexity index is 876. The first-order valence-electron chi connectivity index (χ1n) is 7.66. The van der Waals surface area contributed by atoms with Gasteiger partial charge in [0.05, 0.1) is 36.8 Å². The lowest BCUT2D eigenvalue weighted by atomic mass is 10.2. The van der Waals surface area contributed by atoms with E-state index in [9.17, 15) is 4.79 Å². The van der Waals surface area contributed by atoms with Crippen LogP contribution in [0.5, 0.6) is 5.88 Å². The van der Waals surface area contributed by atoms with E-state index >= 15 is 0 Å². The molecule has 3 rings (SSSR count). The summed E-state index contributed by atoms with van der Waals surface area (Å²) in [6, 6.07) is 13.2. The Morgan fingerprint density at radius 2 is 2.00 bits per heavy atom. The zero-order valence-electron chi connectivity index (χ0n) is 13.9. The van der Waals surface area contributed by atoms with E-state index in [1.807, 2.05) is 30.3 Å². The Morgan fingerprint density at radius 3 is 2.64 bits per heavy atom. The Kier molecular flexibility index (Phi) is 5.00. The SMILES string of the molecule is COc1ccc(NC(=O)c2c(C)nn(Cc3ccccc3)c2Cl)cn1. The molecule has 3 aromatic rings. The molecular weight excluding hydrogens is 340 g/mol. The van der Waals surface area contributed by atoms with Crippen LogP contribution in [0.4, 0.5) is 5.69 Å². The number of carbonyl (C=O) groups excluding carboxylic acids is 1. The number of hydrogen-bond acceptors (Lipinski definition) is 4. The highest BCUT2D eigenvalue weighted by molar-refractivity contribution is 6.33. The van der Waals surface area contributed by atoms with Crippen LogP contribution in [0.2, 0.25) is 5.15 Å². The van der Waals surface area contributed by atoms with Gasteiger partial charge in [0.2, 0.25) is 5.88 Å². The Labute approximate surface area is 150 Å². The number of benzene rings is 1. The van der Waals surface area contributed by atoms with Crippen molar-refractivity contribution in [1.82, 2.24) is 14.8 Å². The zero-order valence-corrected chi connectivity index (χ0v) is 14.6. The molecule has 0 unspecified atom stereocenters. The van der Waals surface area contributed by atoms with Gasteiger partial charge in [-0.15, -0.1) is 0 Å². The van der Waals surface area contributed by atoms with Gasteiger partial charge in [0.1, 0.15) is 5.15 Å². The summed E-state index contributed by atoms with van der Waals surface area (Å²) in [5, 5.41) is 7.46. The van der Waals surface area contributed by atoms with Crippen molar-refractivity contribution < 1.29 is 9.53 Å². The van der Waals surface area contributed by atoms with Crippen LogP contribution in [-0.2, 0) is 6.54 Å². The van der Waals surface area contributed by atoms with Crippen molar-refractivity contribution in [2.24, 2.45) is 0 Å². The first kappa shape index (κ1) is 17.0. The van der Waals surface area contributed by atoms with Crippen molar-refractivity contribution in [2.75, 3.05) is 12.4 Å². The van der Waals surface area contributed by atoms with Gasteiger partial charge in [-0.25, -0.2) is 9.67 Å². The maximum absolute atomic E-state index is 12.6. The molecule has 0 bridgehead atoms. The van der Waals surface area contributed by atoms with E-state index < -0.39 is 0 Å². The molecule has 0 aliphatic heterocycles. The summed E-state index contributed by atoms with van der Waals surface area (Å²) in [6.45, 7) is 2.26. The molecule has 7 heteroatoms. The summed E-state index contributed by atoms with van der Waals surface area (Å²) in [4.78, 5) is 16.6. The largest absolute Gasteiger partial charge is 0.481 e. The molecule has 1 amide bonds. The monoisotopic (exact) mass is 356 g/mol. The number of amides is 1. The van der Waals surface area contributed by atoms with Gasteiger partial charge in [-0.3, -0.25) is 4.79 Å². The van der Waals surface area contributed by atoms with Gasteiger partial charge in [-0.05, 0) is 18.6 Å². The summed E-state index contributed by atoms with van der Waals surface area (Å²) in [5.74, 6) is 0.150. The van der Waals surface area contributed by atoms with Gasteiger partial charge < -0.3 is 10.1 Å². The Balaban J connectivity index is 1.80. The highest BCUT2D eigenvalue weighted by Crippen LogP contribution is 2.22. The molecular formula is C18H17ClN4O2. The predicted molar refractivity (Wildman–Crippen MR) is 96.3 cm³/mol. The fourth-order valence-electron chi connectivity index (χ4n) is 2.44. The van der Waals surface area contributed by atoms with Crippen molar-refractivity contribution in [2.45, 2.75) is 13.5 Å². The van der Waals surface area contributed by atoms with Crippen LogP contribution < -0.4 is 10.1 Å². The number of halogens is 1. The van der Waals surface area contributed by atoms with Gasteiger partial charge in [-0.1, -0.05) is 41.9 Å². The van der Waals surface area contributed by atoms with Gasteiger partial charge in [0.15, 0.2) is 0 Å². The number of aromatic nitrogens is 3. The summed E-state index contributed by atoms with van der Waals surface area (Å²) in [5.41, 5.74) is 2.53. The highest BCUT2D eigenvalue weighted by Gasteiger charge is 2.20. The number of rotatable bonds is 5. The van der Waals surface area contributed by atoms with Crippen LogP contribution in [0.25, 0.3) is 0 Å². The molecule has 2 heterocycles. The molecule has 0 radical (unpaired) electrons. The number of hydrogen-bond donors (Lipinski definition) is 1. The minimum absolute atomic E-state index is 0.306. The lowest BCUT2D eigenvalue weighted by Crippen LogP contribution is -2.13. The average Bonchev–Trinajstić information content (AvgIpc) is 2.90. The molecule has 0 saturated heterocycles. The lowest BCUT2D eigenvalue weighted by Gasteiger charge is -2.06. The molecule has 128 valence electrons. The van der Waals surface area contributed by atoms with E-state index in [2.05, 4.69) is 15.4 Å². The maximum atomic E-state index is 12.6. The van der Waals surface area contributed by atoms with Gasteiger partial charge >= 0.3 is 0 Å². The van der Waals surface area contributed by atoms with Crippen molar-refractivity contribution in [3.63, 3.8) is 0 Å². The Morgan fingerprint density at radius 1 is 1.24 bits per heavy atom. The third-order valence-corrected chi connectivity index (χ3v) is 4.06. The zero-order chi connectivity index (χ0) is 17.8. The van der Waals surface area contributed by atoms with E-state index in [1.165, 1.54) is 13.3 Å². The minimum atomic E-state index is -0.325. The number of nitrogens with one attached hydrogen (secondary N) is 1. The second-order valence-corrected chi connectivity index (χ2v) is 5.80. The fraction of sp³-hybridized carbons (Fsp3) is 0.167. The second-order valence-electron chi connectivity index (χ2n) is 5.44. The number of nitrogens with zero attached hydrogens (tertiary/aromatic N) is 3. The summed E-state index contributed by atoms with van der Waals surface area (Å²) >= 11 is 6.39. The fourth-order valence-corrected chi connectivity index (χ4v) is 2.76. The number of aryl methyl sites for hydroxylation is 1. The Hall–Kier alpha value is -2.86. The van der Waals surface area contributed by atoms with E-state index in [4.69, 9.17) is 16.3 Å². The molecule has 0 aliphatic carbocycles. The van der Waals surface area contributed by atoms with Crippen molar-refractivity contribution in [3.8, 4) is 5.88 Å². The van der Waals surface area contributed by atoms with Crippen molar-refractivity contribution in [1.29, 1.82) is 0 Å². The molecule has 0 atom stereocenters. The second kappa shape index (κ2) is 7.36. The first-order chi connectivity index (χ1) is 12.1. The lowest BCUT2D eigenvalue weighted by molar-refractivity contribution is 0.102. The topological polar surface area (TPSA) is 69.0 Å². The molecule has 0 fully saturated rings. The summed E-state index contributed by atoms with van der Waals surface area (Å²) in [7, 11) is 1.53. The maximum Gasteiger partial charge on any atom is 0.260 e. The van der Waals surface area contributed by atoms with Crippen LogP contribution in [0.15, 0.2) is 48.7 Å². The molecule has 0 saturated carbocycles. The molecule has 0 spiro atoms. The normalized spacial score (nSPS) is 10.5. The predicted octanol–water partition coefficient (Wildman–Crippen LogP) is 3.55. The van der Waals surface area contributed by atoms with Crippen LogP contribution in [0.3, 0.4) is 0 Å².